The smallest absolute Gasteiger partial charge is 0.125 e. The van der Waals surface area contributed by atoms with Crippen LogP contribution in [-0.4, -0.2) is 18.6 Å². The second-order valence-corrected chi connectivity index (χ2v) is 5.58. The molecule has 1 heterocycles. The molecule has 4 heteroatoms. The number of rotatable bonds is 6. The first-order valence-electron chi connectivity index (χ1n) is 6.51. The summed E-state index contributed by atoms with van der Waals surface area (Å²) in [4.78, 5) is 4.74. The zero-order chi connectivity index (χ0) is 12.1. The summed E-state index contributed by atoms with van der Waals surface area (Å²) in [5, 5.41) is 6.72. The summed E-state index contributed by atoms with van der Waals surface area (Å²) in [6.45, 7) is 4.12. The summed E-state index contributed by atoms with van der Waals surface area (Å²) in [7, 11) is 1.82. The molecule has 3 nitrogen and oxygen atoms in total. The van der Waals surface area contributed by atoms with Crippen molar-refractivity contribution in [3.8, 4) is 0 Å². The molecule has 1 aromatic heterocycles. The Kier molecular flexibility index (Phi) is 4.54. The third-order valence-corrected chi connectivity index (χ3v) is 4.55. The van der Waals surface area contributed by atoms with E-state index in [1.807, 2.05) is 7.11 Å². The van der Waals surface area contributed by atoms with Crippen LogP contribution in [0.1, 0.15) is 49.7 Å². The first kappa shape index (κ1) is 13.0. The molecular weight excluding hydrogens is 232 g/mol. The molecule has 1 aliphatic carbocycles. The minimum atomic E-state index is -0.0757. The van der Waals surface area contributed by atoms with Gasteiger partial charge in [-0.15, -0.1) is 11.3 Å². The van der Waals surface area contributed by atoms with Gasteiger partial charge in [0.1, 0.15) is 10.6 Å². The van der Waals surface area contributed by atoms with Gasteiger partial charge in [-0.25, -0.2) is 4.98 Å². The number of ether oxygens (including phenoxy) is 1. The molecule has 0 atom stereocenters. The van der Waals surface area contributed by atoms with Gasteiger partial charge in [0.05, 0.1) is 5.69 Å². The van der Waals surface area contributed by atoms with Crippen molar-refractivity contribution in [1.29, 1.82) is 0 Å². The molecule has 1 saturated carbocycles. The number of hydrogen-bond donors (Lipinski definition) is 1. The Morgan fingerprint density at radius 3 is 2.88 bits per heavy atom. The molecular formula is C13H22N2OS. The Labute approximate surface area is 108 Å². The molecule has 1 fully saturated rings. The van der Waals surface area contributed by atoms with E-state index in [2.05, 4.69) is 17.6 Å². The summed E-state index contributed by atoms with van der Waals surface area (Å²) in [6.07, 6.45) is 5.93. The van der Waals surface area contributed by atoms with E-state index < -0.39 is 0 Å². The van der Waals surface area contributed by atoms with Crippen LogP contribution in [0.25, 0.3) is 0 Å². The van der Waals surface area contributed by atoms with Crippen molar-refractivity contribution in [2.45, 2.75) is 51.2 Å². The van der Waals surface area contributed by atoms with Crippen molar-refractivity contribution in [2.75, 3.05) is 13.7 Å². The van der Waals surface area contributed by atoms with Crippen LogP contribution in [0.5, 0.6) is 0 Å². The highest BCUT2D eigenvalue weighted by Crippen LogP contribution is 2.42. The van der Waals surface area contributed by atoms with Crippen LogP contribution in [0.2, 0.25) is 0 Å². The number of methoxy groups -OCH3 is 1. The predicted octanol–water partition coefficient (Wildman–Crippen LogP) is 3.06. The van der Waals surface area contributed by atoms with Crippen molar-refractivity contribution in [3.63, 3.8) is 0 Å². The summed E-state index contributed by atoms with van der Waals surface area (Å²) in [5.74, 6) is 0. The molecule has 0 spiro atoms. The monoisotopic (exact) mass is 254 g/mol. The topological polar surface area (TPSA) is 34.1 Å². The molecule has 0 aliphatic heterocycles. The zero-order valence-electron chi connectivity index (χ0n) is 10.8. The number of aromatic nitrogens is 1. The van der Waals surface area contributed by atoms with Gasteiger partial charge in [0.2, 0.25) is 0 Å². The predicted molar refractivity (Wildman–Crippen MR) is 71.3 cm³/mol. The molecule has 0 saturated heterocycles. The van der Waals surface area contributed by atoms with Crippen LogP contribution >= 0.6 is 11.3 Å². The Morgan fingerprint density at radius 1 is 1.47 bits per heavy atom. The van der Waals surface area contributed by atoms with Crippen molar-refractivity contribution in [1.82, 2.24) is 10.3 Å². The molecule has 0 unspecified atom stereocenters. The molecule has 0 aromatic carbocycles. The maximum atomic E-state index is 5.75. The average molecular weight is 254 g/mol. The second-order valence-electron chi connectivity index (χ2n) is 4.73. The Morgan fingerprint density at radius 2 is 2.24 bits per heavy atom. The third kappa shape index (κ3) is 2.87. The Bertz CT molecular complexity index is 345. The van der Waals surface area contributed by atoms with Gasteiger partial charge in [-0.2, -0.15) is 0 Å². The van der Waals surface area contributed by atoms with Crippen LogP contribution in [0, 0.1) is 0 Å². The lowest BCUT2D eigenvalue weighted by Crippen LogP contribution is -2.24. The van der Waals surface area contributed by atoms with Gasteiger partial charge in [-0.3, -0.25) is 0 Å². The normalized spacial score (nSPS) is 18.7. The van der Waals surface area contributed by atoms with E-state index >= 15 is 0 Å². The van der Waals surface area contributed by atoms with Gasteiger partial charge in [0.15, 0.2) is 0 Å². The van der Waals surface area contributed by atoms with E-state index in [9.17, 15) is 0 Å². The van der Waals surface area contributed by atoms with Crippen molar-refractivity contribution >= 4 is 11.3 Å². The van der Waals surface area contributed by atoms with E-state index in [1.54, 1.807) is 11.3 Å². The van der Waals surface area contributed by atoms with Crippen molar-refractivity contribution < 1.29 is 4.74 Å². The van der Waals surface area contributed by atoms with Crippen LogP contribution in [0.4, 0.5) is 0 Å². The van der Waals surface area contributed by atoms with Gasteiger partial charge in [0, 0.05) is 19.0 Å². The number of nitrogens with one attached hydrogen (secondary N) is 1. The van der Waals surface area contributed by atoms with Gasteiger partial charge >= 0.3 is 0 Å². The van der Waals surface area contributed by atoms with Gasteiger partial charge in [0.25, 0.3) is 0 Å². The summed E-state index contributed by atoms with van der Waals surface area (Å²) in [6, 6.07) is 0. The van der Waals surface area contributed by atoms with E-state index in [0.29, 0.717) is 0 Å². The molecule has 1 aliphatic rings. The highest BCUT2D eigenvalue weighted by molar-refractivity contribution is 7.09. The lowest BCUT2D eigenvalue weighted by molar-refractivity contribution is -0.00897. The lowest BCUT2D eigenvalue weighted by atomic mass is 10.0. The van der Waals surface area contributed by atoms with Crippen LogP contribution in [-0.2, 0) is 16.9 Å². The van der Waals surface area contributed by atoms with Gasteiger partial charge < -0.3 is 10.1 Å². The third-order valence-electron chi connectivity index (χ3n) is 3.48. The second kappa shape index (κ2) is 5.94. The summed E-state index contributed by atoms with van der Waals surface area (Å²) in [5.41, 5.74) is 1.08. The molecule has 0 amide bonds. The fraction of sp³-hybridized carbons (Fsp3) is 0.769. The molecule has 1 N–H and O–H groups in total. The maximum absolute atomic E-state index is 5.75. The lowest BCUT2D eigenvalue weighted by Gasteiger charge is -2.24. The number of thiazole rings is 1. The highest BCUT2D eigenvalue weighted by atomic mass is 32.1. The number of hydrogen-bond acceptors (Lipinski definition) is 4. The summed E-state index contributed by atoms with van der Waals surface area (Å²) < 4.78 is 5.75. The fourth-order valence-electron chi connectivity index (χ4n) is 2.44. The minimum Gasteiger partial charge on any atom is -0.371 e. The van der Waals surface area contributed by atoms with Gasteiger partial charge in [-0.05, 0) is 25.8 Å². The van der Waals surface area contributed by atoms with Crippen molar-refractivity contribution in [2.24, 2.45) is 0 Å². The first-order valence-corrected chi connectivity index (χ1v) is 7.39. The number of nitrogens with zero attached hydrogens (tertiary/aromatic N) is 1. The van der Waals surface area contributed by atoms with E-state index in [-0.39, 0.29) is 5.60 Å². The van der Waals surface area contributed by atoms with E-state index in [1.165, 1.54) is 24.3 Å². The van der Waals surface area contributed by atoms with Crippen LogP contribution in [0.3, 0.4) is 0 Å². The molecule has 0 bridgehead atoms. The van der Waals surface area contributed by atoms with E-state index in [0.717, 1.165) is 31.6 Å². The van der Waals surface area contributed by atoms with E-state index in [4.69, 9.17) is 9.72 Å². The molecule has 2 rings (SSSR count). The fourth-order valence-corrected chi connectivity index (χ4v) is 3.50. The zero-order valence-corrected chi connectivity index (χ0v) is 11.6. The SMILES string of the molecule is CCCNCc1csc(C2(OC)CCCC2)n1. The molecule has 96 valence electrons. The Balaban J connectivity index is 2.01. The largest absolute Gasteiger partial charge is 0.371 e. The van der Waals surface area contributed by atoms with Crippen LogP contribution in [0.15, 0.2) is 5.38 Å². The molecule has 0 radical (unpaired) electrons. The highest BCUT2D eigenvalue weighted by Gasteiger charge is 2.38. The van der Waals surface area contributed by atoms with Crippen molar-refractivity contribution in [3.05, 3.63) is 16.1 Å². The average Bonchev–Trinajstić information content (AvgIpc) is 2.98. The standard InChI is InChI=1S/C13H22N2OS/c1-3-8-14-9-11-10-17-12(15-11)13(16-2)6-4-5-7-13/h10,14H,3-9H2,1-2H3. The van der Waals surface area contributed by atoms with Gasteiger partial charge in [-0.1, -0.05) is 19.8 Å². The van der Waals surface area contributed by atoms with Crippen LogP contribution < -0.4 is 5.32 Å². The summed E-state index contributed by atoms with van der Waals surface area (Å²) >= 11 is 1.75. The quantitative estimate of drug-likeness (QED) is 0.792. The Hall–Kier alpha value is -0.450. The molecule has 1 aromatic rings. The molecule has 17 heavy (non-hydrogen) atoms. The maximum Gasteiger partial charge on any atom is 0.125 e. The minimum absolute atomic E-state index is 0.0757. The first-order chi connectivity index (χ1) is 8.30.